The quantitative estimate of drug-likeness (QED) is 0.687. The monoisotopic (exact) mass is 320 g/mol. The highest BCUT2D eigenvalue weighted by atomic mass is 16.5. The third kappa shape index (κ3) is 7.01. The second-order valence-electron chi connectivity index (χ2n) is 5.83. The fourth-order valence-electron chi connectivity index (χ4n) is 2.75. The molecule has 128 valence electrons. The van der Waals surface area contributed by atoms with Crippen molar-refractivity contribution in [3.05, 3.63) is 24.3 Å². The van der Waals surface area contributed by atoms with Crippen LogP contribution in [-0.4, -0.2) is 38.3 Å². The van der Waals surface area contributed by atoms with Crippen molar-refractivity contribution in [2.24, 2.45) is 0 Å². The van der Waals surface area contributed by atoms with Gasteiger partial charge in [-0.3, -0.25) is 4.79 Å². The molecule has 0 unspecified atom stereocenters. The van der Waals surface area contributed by atoms with Crippen molar-refractivity contribution in [3.8, 4) is 5.75 Å². The predicted octanol–water partition coefficient (Wildman–Crippen LogP) is 2.96. The highest BCUT2D eigenvalue weighted by Gasteiger charge is 2.13. The molecule has 23 heavy (non-hydrogen) atoms. The van der Waals surface area contributed by atoms with Crippen LogP contribution in [-0.2, 0) is 9.53 Å². The molecule has 0 saturated heterocycles. The number of anilines is 1. The maximum atomic E-state index is 12.0. The standard InChI is InChI=1S/C18H28N2O3/c1-2-22-12-13-23-17-10-8-16(9-11-17)20-18(21)14-19-15-6-4-3-5-7-15/h8-11,15,19H,2-7,12-14H2,1H3,(H,20,21). The lowest BCUT2D eigenvalue weighted by Gasteiger charge is -2.22. The lowest BCUT2D eigenvalue weighted by molar-refractivity contribution is -0.115. The van der Waals surface area contributed by atoms with Gasteiger partial charge in [0, 0.05) is 18.3 Å². The summed E-state index contributed by atoms with van der Waals surface area (Å²) in [6.07, 6.45) is 6.22. The summed E-state index contributed by atoms with van der Waals surface area (Å²) in [5.41, 5.74) is 0.789. The Morgan fingerprint density at radius 3 is 2.57 bits per heavy atom. The zero-order valence-corrected chi connectivity index (χ0v) is 14.0. The maximum absolute atomic E-state index is 12.0. The molecule has 0 aliphatic heterocycles. The first kappa shape index (κ1) is 17.8. The molecule has 1 aromatic rings. The molecule has 1 amide bonds. The highest BCUT2D eigenvalue weighted by Crippen LogP contribution is 2.17. The second-order valence-corrected chi connectivity index (χ2v) is 5.83. The summed E-state index contributed by atoms with van der Waals surface area (Å²) in [7, 11) is 0. The van der Waals surface area contributed by atoms with E-state index in [1.807, 2.05) is 31.2 Å². The number of amides is 1. The number of benzene rings is 1. The van der Waals surface area contributed by atoms with Gasteiger partial charge in [0.15, 0.2) is 0 Å². The van der Waals surface area contributed by atoms with E-state index in [1.165, 1.54) is 32.1 Å². The lowest BCUT2D eigenvalue weighted by Crippen LogP contribution is -2.37. The molecule has 1 saturated carbocycles. The molecule has 0 atom stereocenters. The summed E-state index contributed by atoms with van der Waals surface area (Å²) in [5, 5.41) is 6.25. The van der Waals surface area contributed by atoms with Crippen LogP contribution in [0, 0.1) is 0 Å². The van der Waals surface area contributed by atoms with E-state index >= 15 is 0 Å². The summed E-state index contributed by atoms with van der Waals surface area (Å²) in [6.45, 7) is 4.15. The molecule has 2 N–H and O–H groups in total. The summed E-state index contributed by atoms with van der Waals surface area (Å²) in [4.78, 5) is 12.0. The Labute approximate surface area is 138 Å². The van der Waals surface area contributed by atoms with Gasteiger partial charge >= 0.3 is 0 Å². The molecule has 0 spiro atoms. The molecular weight excluding hydrogens is 292 g/mol. The molecule has 1 aliphatic carbocycles. The van der Waals surface area contributed by atoms with Crippen molar-refractivity contribution >= 4 is 11.6 Å². The maximum Gasteiger partial charge on any atom is 0.238 e. The van der Waals surface area contributed by atoms with E-state index in [9.17, 15) is 4.79 Å². The van der Waals surface area contributed by atoms with Gasteiger partial charge in [-0.05, 0) is 44.0 Å². The molecule has 5 nitrogen and oxygen atoms in total. The van der Waals surface area contributed by atoms with Crippen molar-refractivity contribution in [2.45, 2.75) is 45.1 Å². The summed E-state index contributed by atoms with van der Waals surface area (Å²) >= 11 is 0. The van der Waals surface area contributed by atoms with Crippen LogP contribution < -0.4 is 15.4 Å². The van der Waals surface area contributed by atoms with E-state index in [-0.39, 0.29) is 5.91 Å². The smallest absolute Gasteiger partial charge is 0.238 e. The zero-order chi connectivity index (χ0) is 16.3. The van der Waals surface area contributed by atoms with E-state index in [2.05, 4.69) is 10.6 Å². The van der Waals surface area contributed by atoms with Crippen molar-refractivity contribution in [1.82, 2.24) is 5.32 Å². The van der Waals surface area contributed by atoms with Gasteiger partial charge in [0.1, 0.15) is 12.4 Å². The van der Waals surface area contributed by atoms with Gasteiger partial charge in [-0.2, -0.15) is 0 Å². The average Bonchev–Trinajstić information content (AvgIpc) is 2.59. The molecule has 1 aliphatic rings. The summed E-state index contributed by atoms with van der Waals surface area (Å²) in [5.74, 6) is 0.781. The van der Waals surface area contributed by atoms with Crippen LogP contribution >= 0.6 is 0 Å². The van der Waals surface area contributed by atoms with E-state index in [0.717, 1.165) is 11.4 Å². The number of nitrogens with one attached hydrogen (secondary N) is 2. The molecule has 2 rings (SSSR count). The average molecular weight is 320 g/mol. The Bertz CT molecular complexity index is 456. The largest absolute Gasteiger partial charge is 0.491 e. The van der Waals surface area contributed by atoms with E-state index in [4.69, 9.17) is 9.47 Å². The molecular formula is C18H28N2O3. The number of ether oxygens (including phenoxy) is 2. The Morgan fingerprint density at radius 1 is 1.13 bits per heavy atom. The van der Waals surface area contributed by atoms with Crippen LogP contribution in [0.2, 0.25) is 0 Å². The fraction of sp³-hybridized carbons (Fsp3) is 0.611. The minimum absolute atomic E-state index is 0.000544. The van der Waals surface area contributed by atoms with Gasteiger partial charge < -0.3 is 20.1 Å². The van der Waals surface area contributed by atoms with Crippen LogP contribution in [0.1, 0.15) is 39.0 Å². The van der Waals surface area contributed by atoms with E-state index in [0.29, 0.717) is 32.4 Å². The molecule has 0 radical (unpaired) electrons. The Kier molecular flexibility index (Phi) is 7.90. The van der Waals surface area contributed by atoms with Crippen molar-refractivity contribution < 1.29 is 14.3 Å². The van der Waals surface area contributed by atoms with Gasteiger partial charge in [0.25, 0.3) is 0 Å². The highest BCUT2D eigenvalue weighted by molar-refractivity contribution is 5.92. The van der Waals surface area contributed by atoms with Gasteiger partial charge in [0.2, 0.25) is 5.91 Å². The number of hydrogen-bond acceptors (Lipinski definition) is 4. The predicted molar refractivity (Wildman–Crippen MR) is 91.9 cm³/mol. The molecule has 5 heteroatoms. The lowest BCUT2D eigenvalue weighted by atomic mass is 9.95. The third-order valence-corrected chi connectivity index (χ3v) is 4.00. The van der Waals surface area contributed by atoms with Crippen LogP contribution in [0.4, 0.5) is 5.69 Å². The van der Waals surface area contributed by atoms with Gasteiger partial charge in [0.05, 0.1) is 13.2 Å². The van der Waals surface area contributed by atoms with E-state index < -0.39 is 0 Å². The van der Waals surface area contributed by atoms with E-state index in [1.54, 1.807) is 0 Å². The van der Waals surface area contributed by atoms with Crippen molar-refractivity contribution in [1.29, 1.82) is 0 Å². The Balaban J connectivity index is 1.66. The first-order valence-corrected chi connectivity index (χ1v) is 8.62. The van der Waals surface area contributed by atoms with Crippen LogP contribution in [0.5, 0.6) is 5.75 Å². The topological polar surface area (TPSA) is 59.6 Å². The number of carbonyl (C=O) groups excluding carboxylic acids is 1. The van der Waals surface area contributed by atoms with Gasteiger partial charge in [-0.1, -0.05) is 19.3 Å². The van der Waals surface area contributed by atoms with Gasteiger partial charge in [-0.25, -0.2) is 0 Å². The SMILES string of the molecule is CCOCCOc1ccc(NC(=O)CNC2CCCCC2)cc1. The van der Waals surface area contributed by atoms with Crippen molar-refractivity contribution in [2.75, 3.05) is 31.7 Å². The molecule has 0 aromatic heterocycles. The minimum atomic E-state index is 0.000544. The minimum Gasteiger partial charge on any atom is -0.491 e. The number of hydrogen-bond donors (Lipinski definition) is 2. The normalized spacial score (nSPS) is 15.3. The number of carbonyl (C=O) groups is 1. The van der Waals surface area contributed by atoms with Crippen LogP contribution in [0.3, 0.4) is 0 Å². The number of rotatable bonds is 9. The first-order chi connectivity index (χ1) is 11.3. The fourth-order valence-corrected chi connectivity index (χ4v) is 2.75. The Morgan fingerprint density at radius 2 is 1.87 bits per heavy atom. The first-order valence-electron chi connectivity index (χ1n) is 8.62. The molecule has 1 fully saturated rings. The summed E-state index contributed by atoms with van der Waals surface area (Å²) < 4.78 is 10.8. The van der Waals surface area contributed by atoms with Crippen LogP contribution in [0.15, 0.2) is 24.3 Å². The van der Waals surface area contributed by atoms with Gasteiger partial charge in [-0.15, -0.1) is 0 Å². The third-order valence-electron chi connectivity index (χ3n) is 4.00. The second kappa shape index (κ2) is 10.2. The van der Waals surface area contributed by atoms with Crippen LogP contribution in [0.25, 0.3) is 0 Å². The molecule has 0 heterocycles. The molecule has 0 bridgehead atoms. The zero-order valence-electron chi connectivity index (χ0n) is 14.0. The Hall–Kier alpha value is -1.59. The van der Waals surface area contributed by atoms with Crippen molar-refractivity contribution in [3.63, 3.8) is 0 Å². The summed E-state index contributed by atoms with van der Waals surface area (Å²) in [6, 6.07) is 7.92. The molecule has 1 aromatic carbocycles.